The molecule has 0 aliphatic carbocycles. The van der Waals surface area contributed by atoms with Crippen LogP contribution in [0.5, 0.6) is 0 Å². The third kappa shape index (κ3) is 4.09. The summed E-state index contributed by atoms with van der Waals surface area (Å²) in [6, 6.07) is 31.2. The highest BCUT2D eigenvalue weighted by atomic mass is 16.3. The number of benzene rings is 4. The van der Waals surface area contributed by atoms with Gasteiger partial charge in [0.1, 0.15) is 6.20 Å². The normalized spacial score (nSPS) is 14.0. The zero-order valence-electron chi connectivity index (χ0n) is 21.9. The van der Waals surface area contributed by atoms with Gasteiger partial charge >= 0.3 is 0 Å². The monoisotopic (exact) mass is 481 g/mol. The molecule has 1 aliphatic heterocycles. The topological polar surface area (TPSA) is 14.3 Å². The summed E-state index contributed by atoms with van der Waals surface area (Å²) >= 11 is 0. The van der Waals surface area contributed by atoms with Crippen molar-refractivity contribution in [2.45, 2.75) is 27.7 Å². The lowest BCUT2D eigenvalue weighted by atomic mass is 9.82. The Balaban J connectivity index is 1.45. The molecule has 0 spiro atoms. The van der Waals surface area contributed by atoms with E-state index in [2.05, 4.69) is 125 Å². The Hall–Kier alpha value is -4.30. The van der Waals surface area contributed by atoms with Crippen LogP contribution in [-0.4, -0.2) is 11.3 Å². The minimum atomic E-state index is 0.0453. The molecule has 0 radical (unpaired) electrons. The average molecular weight is 482 g/mol. The Labute approximate surface area is 218 Å². The van der Waals surface area contributed by atoms with Crippen LogP contribution in [0.2, 0.25) is 0 Å². The maximum absolute atomic E-state index is 6.53. The Morgan fingerprint density at radius 2 is 1.49 bits per heavy atom. The second kappa shape index (κ2) is 8.67. The van der Waals surface area contributed by atoms with Gasteiger partial charge in [-0.3, -0.25) is 8.99 Å². The van der Waals surface area contributed by atoms with Gasteiger partial charge in [-0.05, 0) is 45.0 Å². The summed E-state index contributed by atoms with van der Waals surface area (Å²) in [7, 11) is 0. The van der Waals surface area contributed by atoms with E-state index in [0.29, 0.717) is 0 Å². The predicted molar refractivity (Wildman–Crippen MR) is 156 cm³/mol. The summed E-state index contributed by atoms with van der Waals surface area (Å²) in [5.74, 6) is 0. The number of allylic oxidation sites excluding steroid dienone is 2. The Bertz CT molecular complexity index is 1710. The van der Waals surface area contributed by atoms with E-state index in [1.807, 2.05) is 16.8 Å². The SMILES string of the molecule is C=[N+]1C=CC(C(C)(C)C)=C[C-]1c1c(C)ccc2c1[o+][c-]1ccc(-c3ccc(-c4ccccc4)cc3)cc21. The molecule has 0 unspecified atom stereocenters. The van der Waals surface area contributed by atoms with Gasteiger partial charge in [-0.2, -0.15) is 0 Å². The fraction of sp³-hybridized carbons (Fsp3) is 0.143. The van der Waals surface area contributed by atoms with Gasteiger partial charge in [0.15, 0.2) is 6.04 Å². The zero-order valence-corrected chi connectivity index (χ0v) is 21.9. The quantitative estimate of drug-likeness (QED) is 0.142. The van der Waals surface area contributed by atoms with Gasteiger partial charge in [0, 0.05) is 0 Å². The van der Waals surface area contributed by atoms with Crippen molar-refractivity contribution < 1.29 is 8.99 Å². The largest absolute Gasteiger partial charge is 0.286 e. The minimum Gasteiger partial charge on any atom is -0.286 e. The molecule has 5 aromatic rings. The van der Waals surface area contributed by atoms with Crippen molar-refractivity contribution in [3.63, 3.8) is 0 Å². The molecule has 4 aromatic carbocycles. The van der Waals surface area contributed by atoms with Crippen LogP contribution >= 0.6 is 0 Å². The van der Waals surface area contributed by atoms with Gasteiger partial charge in [0.25, 0.3) is 11.2 Å². The summed E-state index contributed by atoms with van der Waals surface area (Å²) in [5, 5.41) is 2.25. The van der Waals surface area contributed by atoms with Crippen LogP contribution in [0.1, 0.15) is 31.9 Å². The summed E-state index contributed by atoms with van der Waals surface area (Å²) in [6.45, 7) is 13.1. The van der Waals surface area contributed by atoms with E-state index in [1.165, 1.54) is 33.4 Å². The van der Waals surface area contributed by atoms with Gasteiger partial charge in [-0.1, -0.05) is 117 Å². The smallest absolute Gasteiger partial charge is 0.278 e. The molecule has 2 heteroatoms. The zero-order chi connectivity index (χ0) is 25.7. The number of nitrogens with zero attached hydrogens (tertiary/aromatic N) is 1. The summed E-state index contributed by atoms with van der Waals surface area (Å²) < 4.78 is 8.47. The van der Waals surface area contributed by atoms with E-state index in [-0.39, 0.29) is 5.41 Å². The summed E-state index contributed by atoms with van der Waals surface area (Å²) in [4.78, 5) is 0. The molecule has 0 bridgehead atoms. The lowest BCUT2D eigenvalue weighted by Crippen LogP contribution is -2.20. The van der Waals surface area contributed by atoms with Crippen molar-refractivity contribution in [1.29, 1.82) is 0 Å². The predicted octanol–water partition coefficient (Wildman–Crippen LogP) is 9.32. The molecule has 0 saturated carbocycles. The highest BCUT2D eigenvalue weighted by molar-refractivity contribution is 6.08. The number of hydrogen-bond donors (Lipinski definition) is 0. The van der Waals surface area contributed by atoms with E-state index < -0.39 is 0 Å². The first-order valence-corrected chi connectivity index (χ1v) is 12.8. The maximum atomic E-state index is 6.53. The van der Waals surface area contributed by atoms with Crippen LogP contribution in [0.3, 0.4) is 0 Å². The molecular weight excluding hydrogens is 450 g/mol. The maximum Gasteiger partial charge on any atom is 0.278 e. The summed E-state index contributed by atoms with van der Waals surface area (Å²) in [5.41, 5.74) is 10.2. The molecule has 2 heterocycles. The fourth-order valence-electron chi connectivity index (χ4n) is 5.13. The first kappa shape index (κ1) is 23.1. The first-order valence-electron chi connectivity index (χ1n) is 12.8. The number of rotatable bonds is 3. The van der Waals surface area contributed by atoms with Gasteiger partial charge in [0.05, 0.1) is 12.3 Å². The van der Waals surface area contributed by atoms with Crippen LogP contribution in [0.15, 0.2) is 113 Å². The number of aryl methyl sites for hydroxylation is 1. The van der Waals surface area contributed by atoms with Crippen molar-refractivity contribution in [2.24, 2.45) is 5.41 Å². The number of hydrogen-bond acceptors (Lipinski definition) is 0. The van der Waals surface area contributed by atoms with Gasteiger partial charge in [-0.25, -0.2) is 0 Å². The lowest BCUT2D eigenvalue weighted by molar-refractivity contribution is -0.418. The standard InChI is InChI=1S/C35H31NO/c1-23-11-17-29-30-21-27(26-14-12-25(13-15-26)24-9-7-6-8-10-24)16-18-32(30)37-34(29)33(23)31-22-28(35(2,3)4)19-20-36(31)5/h6-22H,5H2,1-4H3. The minimum absolute atomic E-state index is 0.0453. The van der Waals surface area contributed by atoms with Crippen LogP contribution in [-0.2, 0) is 0 Å². The molecule has 0 saturated heterocycles. The molecule has 37 heavy (non-hydrogen) atoms. The van der Waals surface area contributed by atoms with E-state index in [1.54, 1.807) is 0 Å². The van der Waals surface area contributed by atoms with Crippen molar-refractivity contribution in [3.05, 3.63) is 126 Å². The Morgan fingerprint density at radius 3 is 2.19 bits per heavy atom. The highest BCUT2D eigenvalue weighted by Crippen LogP contribution is 2.40. The Morgan fingerprint density at radius 1 is 0.811 bits per heavy atom. The molecule has 2 nitrogen and oxygen atoms in total. The van der Waals surface area contributed by atoms with Gasteiger partial charge in [-0.15, -0.1) is 12.1 Å². The second-order valence-electron chi connectivity index (χ2n) is 10.9. The van der Waals surface area contributed by atoms with Crippen LogP contribution in [0, 0.1) is 18.4 Å². The van der Waals surface area contributed by atoms with Gasteiger partial charge in [0.2, 0.25) is 0 Å². The molecule has 0 N–H and O–H groups in total. The van der Waals surface area contributed by atoms with Crippen LogP contribution in [0.25, 0.3) is 44.2 Å². The molecule has 0 fully saturated rings. The van der Waals surface area contributed by atoms with Crippen molar-refractivity contribution in [1.82, 2.24) is 0 Å². The molecule has 6 rings (SSSR count). The Kier molecular flexibility index (Phi) is 5.42. The third-order valence-electron chi connectivity index (χ3n) is 7.33. The average Bonchev–Trinajstić information content (AvgIpc) is 3.27. The van der Waals surface area contributed by atoms with Gasteiger partial charge < -0.3 is 0 Å². The second-order valence-corrected chi connectivity index (χ2v) is 10.9. The molecule has 0 amide bonds. The molecule has 1 aliphatic rings. The number of furan rings is 1. The fourth-order valence-corrected chi connectivity index (χ4v) is 5.13. The molecular formula is C35H31NO. The van der Waals surface area contributed by atoms with Crippen molar-refractivity contribution in [3.8, 4) is 22.3 Å². The molecule has 182 valence electrons. The third-order valence-corrected chi connectivity index (χ3v) is 7.33. The highest BCUT2D eigenvalue weighted by Gasteiger charge is 2.28. The lowest BCUT2D eigenvalue weighted by Gasteiger charge is -2.28. The van der Waals surface area contributed by atoms with E-state index in [9.17, 15) is 0 Å². The molecule has 0 atom stereocenters. The summed E-state index contributed by atoms with van der Waals surface area (Å²) in [6.07, 6.45) is 6.45. The van der Waals surface area contributed by atoms with Crippen molar-refractivity contribution >= 4 is 28.7 Å². The first-order chi connectivity index (χ1) is 17.8. The van der Waals surface area contributed by atoms with Crippen LogP contribution < -0.4 is 0 Å². The van der Waals surface area contributed by atoms with Crippen molar-refractivity contribution in [2.75, 3.05) is 0 Å². The van der Waals surface area contributed by atoms with E-state index in [4.69, 9.17) is 4.42 Å². The van der Waals surface area contributed by atoms with E-state index >= 15 is 0 Å². The van der Waals surface area contributed by atoms with E-state index in [0.717, 1.165) is 33.5 Å². The van der Waals surface area contributed by atoms with Crippen LogP contribution in [0.4, 0.5) is 0 Å². The molecule has 1 aromatic heterocycles. The number of fused-ring (bicyclic) bond motifs is 3.